The third kappa shape index (κ3) is 2.38. The Bertz CT molecular complexity index is 259. The van der Waals surface area contributed by atoms with E-state index >= 15 is 0 Å². The van der Waals surface area contributed by atoms with Crippen molar-refractivity contribution in [1.29, 1.82) is 0 Å². The summed E-state index contributed by atoms with van der Waals surface area (Å²) in [6.07, 6.45) is 1.11. The van der Waals surface area contributed by atoms with Crippen molar-refractivity contribution in [2.75, 3.05) is 5.32 Å². The lowest BCUT2D eigenvalue weighted by Gasteiger charge is -2.07. The normalized spacial score (nSPS) is 12.6. The topological polar surface area (TPSA) is 12.0 Å². The molecule has 0 atom stereocenters. The van der Waals surface area contributed by atoms with Crippen molar-refractivity contribution < 1.29 is 0 Å². The fraction of sp³-hybridized carbons (Fsp3) is 0.400. The van der Waals surface area contributed by atoms with Crippen LogP contribution in [-0.4, -0.2) is 0 Å². The quantitative estimate of drug-likeness (QED) is 0.746. The van der Waals surface area contributed by atoms with Crippen LogP contribution in [0.1, 0.15) is 27.2 Å². The van der Waals surface area contributed by atoms with E-state index in [0.717, 1.165) is 6.42 Å². The van der Waals surface area contributed by atoms with Crippen LogP contribution in [0.2, 0.25) is 0 Å². The van der Waals surface area contributed by atoms with Crippen molar-refractivity contribution in [2.45, 2.75) is 27.2 Å². The van der Waals surface area contributed by atoms with Gasteiger partial charge < -0.3 is 5.32 Å². The molecule has 0 aliphatic rings. The predicted molar refractivity (Wildman–Crippen MR) is 56.6 cm³/mol. The summed E-state index contributed by atoms with van der Waals surface area (Å²) in [4.78, 5) is 0. The zero-order chi connectivity index (χ0) is 8.97. The number of hydrogen-bond donors (Lipinski definition) is 1. The highest BCUT2D eigenvalue weighted by atomic mass is 32.1. The second-order valence-electron chi connectivity index (χ2n) is 2.90. The van der Waals surface area contributed by atoms with Crippen LogP contribution in [0.15, 0.2) is 28.1 Å². The van der Waals surface area contributed by atoms with E-state index in [0.29, 0.717) is 0 Å². The lowest BCUT2D eigenvalue weighted by molar-refractivity contribution is 1.06. The molecular weight excluding hydrogens is 166 g/mol. The molecule has 0 radical (unpaired) electrons. The molecule has 0 fully saturated rings. The van der Waals surface area contributed by atoms with Gasteiger partial charge in [-0.2, -0.15) is 11.3 Å². The smallest absolute Gasteiger partial charge is 0.0490 e. The molecule has 1 heterocycles. The van der Waals surface area contributed by atoms with Crippen molar-refractivity contribution in [3.8, 4) is 0 Å². The number of hydrogen-bond acceptors (Lipinski definition) is 2. The lowest BCUT2D eigenvalue weighted by Crippen LogP contribution is -1.96. The molecule has 0 saturated heterocycles. The Labute approximate surface area is 78.1 Å². The molecule has 12 heavy (non-hydrogen) atoms. The van der Waals surface area contributed by atoms with Gasteiger partial charge >= 0.3 is 0 Å². The molecule has 0 aromatic carbocycles. The van der Waals surface area contributed by atoms with Crippen LogP contribution in [0.25, 0.3) is 0 Å². The van der Waals surface area contributed by atoms with Crippen molar-refractivity contribution >= 4 is 17.0 Å². The van der Waals surface area contributed by atoms with Crippen LogP contribution >= 0.6 is 11.3 Å². The number of rotatable bonds is 3. The van der Waals surface area contributed by atoms with Gasteiger partial charge in [-0.25, -0.2) is 0 Å². The number of anilines is 1. The van der Waals surface area contributed by atoms with Crippen LogP contribution in [0.4, 0.5) is 5.69 Å². The molecule has 1 aromatic heterocycles. The molecule has 1 N–H and O–H groups in total. The van der Waals surface area contributed by atoms with Crippen LogP contribution < -0.4 is 5.32 Å². The van der Waals surface area contributed by atoms with Gasteiger partial charge in [0.2, 0.25) is 0 Å². The van der Waals surface area contributed by atoms with Crippen molar-refractivity contribution in [3.05, 3.63) is 28.1 Å². The minimum atomic E-state index is 1.11. The maximum atomic E-state index is 3.36. The highest BCUT2D eigenvalue weighted by molar-refractivity contribution is 7.08. The third-order valence-corrected chi connectivity index (χ3v) is 2.71. The van der Waals surface area contributed by atoms with Gasteiger partial charge in [0.15, 0.2) is 0 Å². The molecule has 66 valence electrons. The number of thiophene rings is 1. The fourth-order valence-corrected chi connectivity index (χ4v) is 1.51. The molecule has 0 bridgehead atoms. The van der Waals surface area contributed by atoms with Crippen LogP contribution in [0, 0.1) is 0 Å². The van der Waals surface area contributed by atoms with Crippen molar-refractivity contribution in [3.63, 3.8) is 0 Å². The van der Waals surface area contributed by atoms with Crippen molar-refractivity contribution in [1.82, 2.24) is 0 Å². The molecule has 2 heteroatoms. The summed E-state index contributed by atoms with van der Waals surface area (Å²) >= 11 is 1.72. The second-order valence-corrected chi connectivity index (χ2v) is 3.68. The summed E-state index contributed by atoms with van der Waals surface area (Å²) in [7, 11) is 0. The van der Waals surface area contributed by atoms with E-state index in [1.807, 2.05) is 0 Å². The van der Waals surface area contributed by atoms with E-state index in [9.17, 15) is 0 Å². The Hall–Kier alpha value is -0.760. The largest absolute Gasteiger partial charge is 0.359 e. The first-order valence-corrected chi connectivity index (χ1v) is 5.14. The van der Waals surface area contributed by atoms with Gasteiger partial charge in [-0.3, -0.25) is 0 Å². The highest BCUT2D eigenvalue weighted by Gasteiger charge is 1.95. The van der Waals surface area contributed by atoms with E-state index in [1.54, 1.807) is 11.3 Å². The molecule has 1 rings (SSSR count). The van der Waals surface area contributed by atoms with Gasteiger partial charge in [0.05, 0.1) is 0 Å². The first kappa shape index (κ1) is 9.33. The Balaban J connectivity index is 2.64. The molecule has 0 saturated carbocycles. The maximum absolute atomic E-state index is 3.36. The minimum absolute atomic E-state index is 1.11. The Kier molecular flexibility index (Phi) is 3.35. The molecule has 1 aromatic rings. The lowest BCUT2D eigenvalue weighted by atomic mass is 10.2. The van der Waals surface area contributed by atoms with Crippen LogP contribution in [0.5, 0.6) is 0 Å². The van der Waals surface area contributed by atoms with E-state index < -0.39 is 0 Å². The monoisotopic (exact) mass is 181 g/mol. The minimum Gasteiger partial charge on any atom is -0.359 e. The SMILES string of the molecule is CCC(C)=C(C)Nc1ccsc1. The molecule has 0 unspecified atom stereocenters. The molecule has 0 spiro atoms. The van der Waals surface area contributed by atoms with Crippen LogP contribution in [-0.2, 0) is 0 Å². The summed E-state index contributed by atoms with van der Waals surface area (Å²) in [5, 5.41) is 7.56. The predicted octanol–water partition coefficient (Wildman–Crippen LogP) is 3.86. The fourth-order valence-electron chi connectivity index (χ4n) is 0.924. The molecule has 0 amide bonds. The molecule has 1 nitrogen and oxygen atoms in total. The van der Waals surface area contributed by atoms with E-state index in [-0.39, 0.29) is 0 Å². The Morgan fingerprint density at radius 1 is 1.50 bits per heavy atom. The van der Waals surface area contributed by atoms with Gasteiger partial charge in [-0.05, 0) is 31.7 Å². The Morgan fingerprint density at radius 2 is 2.25 bits per heavy atom. The standard InChI is InChI=1S/C10H15NS/c1-4-8(2)9(3)11-10-5-6-12-7-10/h5-7,11H,4H2,1-3H3. The third-order valence-electron chi connectivity index (χ3n) is 2.02. The maximum Gasteiger partial charge on any atom is 0.0490 e. The zero-order valence-corrected chi connectivity index (χ0v) is 8.66. The summed E-state index contributed by atoms with van der Waals surface area (Å²) in [6.45, 7) is 6.46. The van der Waals surface area contributed by atoms with Gasteiger partial charge in [0, 0.05) is 16.8 Å². The molecule has 0 aliphatic carbocycles. The zero-order valence-electron chi connectivity index (χ0n) is 7.85. The number of allylic oxidation sites excluding steroid dienone is 2. The average Bonchev–Trinajstić information content (AvgIpc) is 2.55. The number of nitrogens with one attached hydrogen (secondary N) is 1. The van der Waals surface area contributed by atoms with E-state index in [2.05, 4.69) is 42.9 Å². The van der Waals surface area contributed by atoms with Crippen molar-refractivity contribution in [2.24, 2.45) is 0 Å². The van der Waals surface area contributed by atoms with Gasteiger partial charge in [-0.1, -0.05) is 12.5 Å². The summed E-state index contributed by atoms with van der Waals surface area (Å²) in [5.74, 6) is 0. The van der Waals surface area contributed by atoms with E-state index in [1.165, 1.54) is 17.0 Å². The highest BCUT2D eigenvalue weighted by Crippen LogP contribution is 2.16. The van der Waals surface area contributed by atoms with Crippen LogP contribution in [0.3, 0.4) is 0 Å². The first-order valence-electron chi connectivity index (χ1n) is 4.19. The summed E-state index contributed by atoms with van der Waals surface area (Å²) in [6, 6.07) is 2.09. The molecular formula is C10H15NS. The van der Waals surface area contributed by atoms with E-state index in [4.69, 9.17) is 0 Å². The average molecular weight is 181 g/mol. The van der Waals surface area contributed by atoms with Gasteiger partial charge in [0.1, 0.15) is 0 Å². The van der Waals surface area contributed by atoms with Gasteiger partial charge in [-0.15, -0.1) is 0 Å². The summed E-state index contributed by atoms with van der Waals surface area (Å²) in [5.41, 5.74) is 3.89. The summed E-state index contributed by atoms with van der Waals surface area (Å²) < 4.78 is 0. The van der Waals surface area contributed by atoms with Gasteiger partial charge in [0.25, 0.3) is 0 Å². The Morgan fingerprint density at radius 3 is 2.75 bits per heavy atom. The first-order chi connectivity index (χ1) is 5.74. The molecule has 0 aliphatic heterocycles. The second kappa shape index (κ2) is 4.31.